The molecule has 2 rings (SSSR count). The van der Waals surface area contributed by atoms with Crippen LogP contribution in [0.5, 0.6) is 0 Å². The second-order valence-electron chi connectivity index (χ2n) is 2.96. The second kappa shape index (κ2) is 6.35. The van der Waals surface area contributed by atoms with Crippen molar-refractivity contribution in [3.63, 3.8) is 0 Å². The van der Waals surface area contributed by atoms with Gasteiger partial charge in [-0.05, 0) is 0 Å². The van der Waals surface area contributed by atoms with Gasteiger partial charge in [0, 0.05) is 20.4 Å². The van der Waals surface area contributed by atoms with E-state index >= 15 is 0 Å². The van der Waals surface area contributed by atoms with Gasteiger partial charge in [0.25, 0.3) is 0 Å². The van der Waals surface area contributed by atoms with Crippen LogP contribution in [0.4, 0.5) is 0 Å². The Morgan fingerprint density at radius 2 is 1.64 bits per heavy atom. The SMILES string of the molecule is Cc1[c-]c2nsc(C)c2[c-]c1C.[Rb+].[Re]. The van der Waals surface area contributed by atoms with Crippen LogP contribution >= 0.6 is 11.5 Å². The molecule has 2 aromatic rings. The van der Waals surface area contributed by atoms with Crippen LogP contribution in [0.1, 0.15) is 16.0 Å². The third-order valence-corrected chi connectivity index (χ3v) is 2.80. The van der Waals surface area contributed by atoms with E-state index in [0.29, 0.717) is 0 Å². The molecule has 0 N–H and O–H groups in total. The quantitative estimate of drug-likeness (QED) is 0.512. The number of hydrogen-bond donors (Lipinski definition) is 0. The molecule has 1 heterocycles. The minimum Gasteiger partial charge on any atom is -0.280 e. The summed E-state index contributed by atoms with van der Waals surface area (Å²) in [7, 11) is 0. The van der Waals surface area contributed by atoms with E-state index < -0.39 is 0 Å². The Morgan fingerprint density at radius 3 is 2.29 bits per heavy atom. The Morgan fingerprint density at radius 1 is 1.07 bits per heavy atom. The molecule has 1 aromatic carbocycles. The fourth-order valence-electron chi connectivity index (χ4n) is 1.16. The molecule has 4 heteroatoms. The van der Waals surface area contributed by atoms with Gasteiger partial charge in [-0.1, -0.05) is 13.8 Å². The van der Waals surface area contributed by atoms with E-state index in [2.05, 4.69) is 30.4 Å². The molecule has 0 aliphatic heterocycles. The van der Waals surface area contributed by atoms with Gasteiger partial charge < -0.3 is 0 Å². The van der Waals surface area contributed by atoms with Gasteiger partial charge in [-0.3, -0.25) is 16.5 Å². The predicted molar refractivity (Wildman–Crippen MR) is 51.5 cm³/mol. The maximum absolute atomic E-state index is 4.28. The van der Waals surface area contributed by atoms with Gasteiger partial charge in [0.05, 0.1) is 0 Å². The van der Waals surface area contributed by atoms with Gasteiger partial charge in [-0.25, -0.2) is 16.5 Å². The van der Waals surface area contributed by atoms with E-state index in [1.54, 1.807) is 0 Å². The van der Waals surface area contributed by atoms with Gasteiger partial charge in [0.1, 0.15) is 0 Å². The molecule has 0 aliphatic carbocycles. The van der Waals surface area contributed by atoms with Crippen molar-refractivity contribution >= 4 is 22.4 Å². The number of benzene rings is 1. The Kier molecular flexibility index (Phi) is 7.06. The monoisotopic (exact) mass is 447 g/mol. The van der Waals surface area contributed by atoms with Crippen LogP contribution in [0.25, 0.3) is 10.9 Å². The predicted octanol–water partition coefficient (Wildman–Crippen LogP) is -0.177. The van der Waals surface area contributed by atoms with Crippen molar-refractivity contribution in [1.29, 1.82) is 0 Å². The molecule has 0 bridgehead atoms. The second-order valence-corrected chi connectivity index (χ2v) is 3.94. The van der Waals surface area contributed by atoms with E-state index in [0.717, 1.165) is 16.5 Å². The van der Waals surface area contributed by atoms with E-state index in [4.69, 9.17) is 0 Å². The summed E-state index contributed by atoms with van der Waals surface area (Å²) in [4.78, 5) is 1.23. The Hall–Kier alpha value is 1.58. The van der Waals surface area contributed by atoms with E-state index in [9.17, 15) is 0 Å². The number of aromatic nitrogens is 1. The Balaban J connectivity index is 0.000000845. The summed E-state index contributed by atoms with van der Waals surface area (Å²) in [6.45, 7) is 6.17. The molecule has 0 fully saturated rings. The van der Waals surface area contributed by atoms with Crippen molar-refractivity contribution in [2.24, 2.45) is 0 Å². The van der Waals surface area contributed by atoms with Crippen LogP contribution in [0.3, 0.4) is 0 Å². The molecule has 0 saturated heterocycles. The minimum atomic E-state index is 0. The van der Waals surface area contributed by atoms with Crippen LogP contribution in [-0.2, 0) is 20.4 Å². The number of rotatable bonds is 0. The van der Waals surface area contributed by atoms with E-state index in [1.807, 2.05) is 6.92 Å². The zero-order valence-electron chi connectivity index (χ0n) is 8.73. The van der Waals surface area contributed by atoms with E-state index in [-0.39, 0.29) is 78.6 Å². The number of fused-ring (bicyclic) bond motifs is 1. The van der Waals surface area contributed by atoms with Crippen LogP contribution in [0.2, 0.25) is 0 Å². The summed E-state index contributed by atoms with van der Waals surface area (Å²) in [6, 6.07) is 6.57. The average Bonchev–Trinajstić information content (AvgIpc) is 2.35. The summed E-state index contributed by atoms with van der Waals surface area (Å²) >= 11 is 1.52. The van der Waals surface area contributed by atoms with Gasteiger partial charge in [-0.2, -0.15) is 0 Å². The van der Waals surface area contributed by atoms with Crippen LogP contribution < -0.4 is 58.2 Å². The number of nitrogens with zero attached hydrogens (tertiary/aromatic N) is 1. The van der Waals surface area contributed by atoms with Crippen LogP contribution in [-0.4, -0.2) is 4.37 Å². The largest absolute Gasteiger partial charge is 1.00 e. The van der Waals surface area contributed by atoms with Crippen molar-refractivity contribution in [2.75, 3.05) is 0 Å². The van der Waals surface area contributed by atoms with Crippen molar-refractivity contribution in [3.05, 3.63) is 28.1 Å². The Labute approximate surface area is 151 Å². The summed E-state index contributed by atoms with van der Waals surface area (Å²) in [5.41, 5.74) is 3.28. The Bertz CT molecular complexity index is 439. The summed E-state index contributed by atoms with van der Waals surface area (Å²) in [5, 5.41) is 1.13. The fraction of sp³-hybridized carbons (Fsp3) is 0.300. The molecule has 1 nitrogen and oxygen atoms in total. The zero-order valence-corrected chi connectivity index (χ0v) is 17.2. The molecule has 0 aliphatic rings. The number of hydrogen-bond acceptors (Lipinski definition) is 2. The van der Waals surface area contributed by atoms with Crippen molar-refractivity contribution in [2.45, 2.75) is 20.8 Å². The number of aryl methyl sites for hydroxylation is 3. The van der Waals surface area contributed by atoms with Gasteiger partial charge in [-0.15, -0.1) is 28.9 Å². The molecule has 0 spiro atoms. The molecule has 69 valence electrons. The van der Waals surface area contributed by atoms with Crippen LogP contribution in [0.15, 0.2) is 0 Å². The standard InChI is InChI=1S/C10H9NS.Rb.Re/c1-6-4-9-8(3)12-11-10(9)5-7(6)2;;/h1-3H3;;/q-2;+1;. The maximum atomic E-state index is 4.28. The molecule has 0 atom stereocenters. The molecule has 0 unspecified atom stereocenters. The van der Waals surface area contributed by atoms with Crippen LogP contribution in [0, 0.1) is 32.9 Å². The first-order chi connectivity index (χ1) is 5.68. The third-order valence-electron chi connectivity index (χ3n) is 2.04. The minimum absolute atomic E-state index is 0. The van der Waals surface area contributed by atoms with Crippen molar-refractivity contribution in [1.82, 2.24) is 4.37 Å². The first-order valence-electron chi connectivity index (χ1n) is 3.86. The smallest absolute Gasteiger partial charge is 0.280 e. The van der Waals surface area contributed by atoms with E-state index in [1.165, 1.54) is 22.0 Å². The van der Waals surface area contributed by atoms with Gasteiger partial charge in [0.2, 0.25) is 0 Å². The molecule has 0 amide bonds. The summed E-state index contributed by atoms with van der Waals surface area (Å²) in [6.07, 6.45) is 0. The summed E-state index contributed by atoms with van der Waals surface area (Å²) in [5.74, 6) is 0. The van der Waals surface area contributed by atoms with Crippen molar-refractivity contribution < 1.29 is 78.6 Å². The average molecular weight is 447 g/mol. The molecular weight excluding hydrogens is 438 g/mol. The first-order valence-corrected chi connectivity index (χ1v) is 4.63. The molecular formula is C10H9NRbReS-. The normalized spacial score (nSPS) is 9.36. The summed E-state index contributed by atoms with van der Waals surface area (Å²) < 4.78 is 4.28. The first kappa shape index (κ1) is 15.6. The molecule has 1 radical (unpaired) electrons. The van der Waals surface area contributed by atoms with Gasteiger partial charge >= 0.3 is 58.2 Å². The zero-order chi connectivity index (χ0) is 8.72. The topological polar surface area (TPSA) is 12.9 Å². The molecule has 14 heavy (non-hydrogen) atoms. The third kappa shape index (κ3) is 3.04. The molecule has 0 saturated carbocycles. The van der Waals surface area contributed by atoms with Crippen molar-refractivity contribution in [3.8, 4) is 0 Å². The molecule has 1 aromatic heterocycles. The maximum Gasteiger partial charge on any atom is 1.00 e. The fourth-order valence-corrected chi connectivity index (χ4v) is 1.76. The van der Waals surface area contributed by atoms with Gasteiger partial charge in [0.15, 0.2) is 0 Å².